The fourth-order valence-electron chi connectivity index (χ4n) is 8.60. The van der Waals surface area contributed by atoms with E-state index in [1.165, 1.54) is 0 Å². The van der Waals surface area contributed by atoms with Crippen molar-refractivity contribution in [1.82, 2.24) is 34.6 Å². The summed E-state index contributed by atoms with van der Waals surface area (Å²) in [6, 6.07) is 34.5. The number of carbonyl (C=O) groups is 3. The van der Waals surface area contributed by atoms with Gasteiger partial charge in [-0.05, 0) is 100 Å². The lowest BCUT2D eigenvalue weighted by Crippen LogP contribution is -2.47. The Bertz CT molecular complexity index is 2350. The van der Waals surface area contributed by atoms with Crippen molar-refractivity contribution < 1.29 is 14.4 Å². The quantitative estimate of drug-likeness (QED) is 0.126. The first-order valence-electron chi connectivity index (χ1n) is 19.8. The minimum atomic E-state index is -0.528. The molecule has 11 nitrogen and oxygen atoms in total. The molecule has 57 heavy (non-hydrogen) atoms. The number of amides is 3. The summed E-state index contributed by atoms with van der Waals surface area (Å²) in [5, 5.41) is 4.07. The number of hydrogen-bond acceptors (Lipinski definition) is 6. The number of hydrogen-bond donors (Lipinski definition) is 3. The van der Waals surface area contributed by atoms with Gasteiger partial charge in [0.05, 0.1) is 17.9 Å². The first-order valence-corrected chi connectivity index (χ1v) is 19.8. The van der Waals surface area contributed by atoms with Crippen LogP contribution in [0.2, 0.25) is 0 Å². The topological polar surface area (TPSA) is 121 Å². The van der Waals surface area contributed by atoms with Gasteiger partial charge in [-0.25, -0.2) is 4.98 Å². The summed E-state index contributed by atoms with van der Waals surface area (Å²) in [6.45, 7) is 1.26. The lowest BCUT2D eigenvalue weighted by molar-refractivity contribution is -0.140. The van der Waals surface area contributed by atoms with Crippen molar-refractivity contribution in [3.63, 3.8) is 0 Å². The van der Waals surface area contributed by atoms with Crippen molar-refractivity contribution >= 4 is 34.3 Å². The summed E-state index contributed by atoms with van der Waals surface area (Å²) in [4.78, 5) is 60.8. The number of benzene rings is 4. The molecule has 6 aromatic rings. The van der Waals surface area contributed by atoms with Gasteiger partial charge in [0.25, 0.3) is 0 Å². The van der Waals surface area contributed by atoms with Crippen LogP contribution in [0.3, 0.4) is 0 Å². The molecule has 4 aromatic carbocycles. The van der Waals surface area contributed by atoms with Gasteiger partial charge in [-0.2, -0.15) is 0 Å². The monoisotopic (exact) mass is 762 g/mol. The zero-order valence-corrected chi connectivity index (χ0v) is 33.0. The number of nitrogens with one attached hydrogen (secondary N) is 3. The molecule has 0 aliphatic carbocycles. The van der Waals surface area contributed by atoms with Crippen LogP contribution in [0.25, 0.3) is 33.4 Å². The number of nitrogens with zero attached hydrogens (tertiary/aromatic N) is 5. The van der Waals surface area contributed by atoms with Gasteiger partial charge in [0.1, 0.15) is 23.9 Å². The largest absolute Gasteiger partial charge is 0.355 e. The maximum Gasteiger partial charge on any atom is 0.247 e. The normalized spacial score (nSPS) is 18.1. The van der Waals surface area contributed by atoms with Crippen LogP contribution in [0.15, 0.2) is 115 Å². The molecule has 0 unspecified atom stereocenters. The predicted octanol–water partition coefficient (Wildman–Crippen LogP) is 7.42. The third-order valence-electron chi connectivity index (χ3n) is 11.4. The van der Waals surface area contributed by atoms with Crippen molar-refractivity contribution in [2.75, 3.05) is 46.6 Å². The average molecular weight is 763 g/mol. The fourth-order valence-corrected chi connectivity index (χ4v) is 8.60. The molecule has 0 bridgehead atoms. The van der Waals surface area contributed by atoms with Gasteiger partial charge in [0.15, 0.2) is 0 Å². The van der Waals surface area contributed by atoms with Crippen LogP contribution >= 0.6 is 0 Å². The van der Waals surface area contributed by atoms with Crippen LogP contribution in [0.1, 0.15) is 60.8 Å². The number of imidazole rings is 1. The standard InChI is InChI=1S/C46H50N8O3/c1-51(2)41(32-13-7-5-8-14-32)45(56)53-25-11-17-39(53)43-47-29-38(50-43)31-21-19-30(20-22-31)37-28-34-27-35(23-24-36(34)49-37)48-44(55)40-18-12-26-54(40)46(57)42(52(3)4)33-15-9-6-10-16-33/h5-10,13-16,19-24,27-29,39-42,49H,11-12,17-18,25-26H2,1-4H3,(H,47,50)(H,48,55)/t39-,40-,41-,42-/m0/s1. The summed E-state index contributed by atoms with van der Waals surface area (Å²) in [5.74, 6) is 0.671. The Hall–Kier alpha value is -6.04. The molecule has 4 atom stereocenters. The van der Waals surface area contributed by atoms with E-state index in [1.54, 1.807) is 4.90 Å². The molecule has 2 aliphatic heterocycles. The minimum absolute atomic E-state index is 0.0571. The highest BCUT2D eigenvalue weighted by Crippen LogP contribution is 2.36. The number of fused-ring (bicyclic) bond motifs is 1. The Kier molecular flexibility index (Phi) is 10.8. The molecule has 4 heterocycles. The Morgan fingerprint density at radius 1 is 0.684 bits per heavy atom. The number of likely N-dealkylation sites (N-methyl/N-ethyl adjacent to an activating group) is 2. The molecule has 2 aromatic heterocycles. The minimum Gasteiger partial charge on any atom is -0.355 e. The lowest BCUT2D eigenvalue weighted by Gasteiger charge is -2.31. The third kappa shape index (κ3) is 7.73. The highest BCUT2D eigenvalue weighted by Gasteiger charge is 2.39. The molecule has 2 saturated heterocycles. The highest BCUT2D eigenvalue weighted by atomic mass is 16.2. The molecule has 3 amide bonds. The number of rotatable bonds is 11. The van der Waals surface area contributed by atoms with Crippen LogP contribution in [-0.4, -0.2) is 99.6 Å². The number of carbonyl (C=O) groups excluding carboxylic acids is 3. The summed E-state index contributed by atoms with van der Waals surface area (Å²) >= 11 is 0. The second-order valence-electron chi connectivity index (χ2n) is 15.7. The van der Waals surface area contributed by atoms with Crippen LogP contribution in [0.5, 0.6) is 0 Å². The van der Waals surface area contributed by atoms with Crippen molar-refractivity contribution in [1.29, 1.82) is 0 Å². The van der Waals surface area contributed by atoms with E-state index >= 15 is 0 Å². The Morgan fingerprint density at radius 3 is 1.89 bits per heavy atom. The van der Waals surface area contributed by atoms with Gasteiger partial charge in [-0.1, -0.05) is 84.9 Å². The first kappa shape index (κ1) is 37.9. The van der Waals surface area contributed by atoms with Gasteiger partial charge in [-0.15, -0.1) is 0 Å². The first-order chi connectivity index (χ1) is 27.7. The molecule has 0 radical (unpaired) electrons. The summed E-state index contributed by atoms with van der Waals surface area (Å²) in [7, 11) is 7.69. The molecule has 2 fully saturated rings. The van der Waals surface area contributed by atoms with E-state index < -0.39 is 12.1 Å². The van der Waals surface area contributed by atoms with Gasteiger partial charge in [-0.3, -0.25) is 24.2 Å². The van der Waals surface area contributed by atoms with Crippen LogP contribution in [0.4, 0.5) is 5.69 Å². The smallest absolute Gasteiger partial charge is 0.247 e. The summed E-state index contributed by atoms with van der Waals surface area (Å²) in [6.07, 6.45) is 5.06. The molecule has 11 heteroatoms. The van der Waals surface area contributed by atoms with Crippen molar-refractivity contribution in [3.8, 4) is 22.5 Å². The number of aromatic nitrogens is 3. The van der Waals surface area contributed by atoms with Crippen molar-refractivity contribution in [3.05, 3.63) is 132 Å². The Balaban J connectivity index is 0.935. The van der Waals surface area contributed by atoms with Crippen LogP contribution in [-0.2, 0) is 14.4 Å². The van der Waals surface area contributed by atoms with E-state index in [0.29, 0.717) is 25.2 Å². The lowest BCUT2D eigenvalue weighted by atomic mass is 10.0. The zero-order chi connectivity index (χ0) is 39.6. The van der Waals surface area contributed by atoms with E-state index in [0.717, 1.165) is 69.6 Å². The van der Waals surface area contributed by atoms with E-state index in [2.05, 4.69) is 45.6 Å². The third-order valence-corrected chi connectivity index (χ3v) is 11.4. The molecule has 0 spiro atoms. The molecule has 8 rings (SSSR count). The maximum atomic E-state index is 13.9. The summed E-state index contributed by atoms with van der Waals surface area (Å²) in [5.41, 5.74) is 7.44. The fraction of sp³-hybridized carbons (Fsp3) is 0.304. The average Bonchev–Trinajstić information content (AvgIpc) is 4.05. The van der Waals surface area contributed by atoms with Gasteiger partial charge in [0, 0.05) is 35.4 Å². The van der Waals surface area contributed by atoms with Crippen LogP contribution in [0, 0.1) is 0 Å². The SMILES string of the molecule is CN(C)[C@H](C(=O)N1CCC[C@H]1C(=O)Nc1ccc2[nH]c(-c3ccc(-c4cnc([C@@H]5CCCN5C(=O)[C@H](c5ccccc5)N(C)C)[nH]4)cc3)cc2c1)c1ccccc1. The van der Waals surface area contributed by atoms with Crippen molar-refractivity contribution in [2.45, 2.75) is 49.9 Å². The molecule has 0 saturated carbocycles. The molecule has 2 aliphatic rings. The van der Waals surface area contributed by atoms with E-state index in [1.807, 2.05) is 128 Å². The Morgan fingerprint density at radius 2 is 1.26 bits per heavy atom. The van der Waals surface area contributed by atoms with E-state index in [9.17, 15) is 14.4 Å². The van der Waals surface area contributed by atoms with Crippen molar-refractivity contribution in [2.24, 2.45) is 0 Å². The summed E-state index contributed by atoms with van der Waals surface area (Å²) < 4.78 is 0. The zero-order valence-electron chi connectivity index (χ0n) is 33.0. The van der Waals surface area contributed by atoms with Crippen LogP contribution < -0.4 is 5.32 Å². The van der Waals surface area contributed by atoms with Gasteiger partial charge >= 0.3 is 0 Å². The molecule has 3 N–H and O–H groups in total. The van der Waals surface area contributed by atoms with E-state index in [4.69, 9.17) is 4.98 Å². The second kappa shape index (κ2) is 16.2. The number of likely N-dealkylation sites (tertiary alicyclic amines) is 2. The molecular formula is C46H50N8O3. The number of anilines is 1. The predicted molar refractivity (Wildman–Crippen MR) is 224 cm³/mol. The molecule has 292 valence electrons. The molecular weight excluding hydrogens is 713 g/mol. The Labute approximate surface area is 333 Å². The van der Waals surface area contributed by atoms with E-state index in [-0.39, 0.29) is 29.8 Å². The maximum absolute atomic E-state index is 13.9. The number of aromatic amines is 2. The second-order valence-corrected chi connectivity index (χ2v) is 15.7. The highest BCUT2D eigenvalue weighted by molar-refractivity contribution is 6.00. The number of H-pyrrole nitrogens is 2. The van der Waals surface area contributed by atoms with Gasteiger partial charge in [0.2, 0.25) is 17.7 Å². The van der Waals surface area contributed by atoms with Gasteiger partial charge < -0.3 is 25.1 Å².